The molecule has 0 aromatic rings. The highest BCUT2D eigenvalue weighted by Crippen LogP contribution is 2.08. The second-order valence-corrected chi connectivity index (χ2v) is 2.94. The molecule has 0 aliphatic rings. The molecule has 0 radical (unpaired) electrons. The van der Waals surface area contributed by atoms with E-state index >= 15 is 0 Å². The summed E-state index contributed by atoms with van der Waals surface area (Å²) < 4.78 is 0. The Hall–Kier alpha value is -1.52. The van der Waals surface area contributed by atoms with Gasteiger partial charge in [0.05, 0.1) is 5.57 Å². The number of hydrogen-bond donors (Lipinski definition) is 3. The Bertz CT molecular complexity index is 236. The van der Waals surface area contributed by atoms with Gasteiger partial charge in [-0.05, 0) is 12.8 Å². The Balaban J connectivity index is 4.08. The van der Waals surface area contributed by atoms with E-state index in [-0.39, 0.29) is 5.57 Å². The average molecular weight is 200 g/mol. The van der Waals surface area contributed by atoms with Crippen molar-refractivity contribution in [3.05, 3.63) is 11.8 Å². The highest BCUT2D eigenvalue weighted by Gasteiger charge is 2.06. The molecule has 0 rings (SSSR count). The molecule has 80 valence electrons. The quantitative estimate of drug-likeness (QED) is 0.444. The lowest BCUT2D eigenvalue weighted by Gasteiger charge is -2.01. The predicted octanol–water partition coefficient (Wildman–Crippen LogP) is 1.20. The monoisotopic (exact) mass is 200 g/mol. The van der Waals surface area contributed by atoms with E-state index in [1.54, 1.807) is 0 Å². The average Bonchev–Trinajstić information content (AvgIpc) is 2.10. The van der Waals surface area contributed by atoms with Gasteiger partial charge in [-0.3, -0.25) is 0 Å². The number of unbranched alkanes of at least 4 members (excludes halogenated alkanes) is 2. The van der Waals surface area contributed by atoms with Crippen molar-refractivity contribution in [1.29, 1.82) is 0 Å². The first-order valence-electron chi connectivity index (χ1n) is 4.56. The minimum atomic E-state index is -1.02. The summed E-state index contributed by atoms with van der Waals surface area (Å²) in [5, 5.41) is 10.9. The smallest absolute Gasteiger partial charge is 0.333 e. The van der Waals surface area contributed by atoms with E-state index < -0.39 is 12.0 Å². The second-order valence-electron chi connectivity index (χ2n) is 2.94. The molecule has 0 spiro atoms. The molecular weight excluding hydrogens is 184 g/mol. The molecule has 14 heavy (non-hydrogen) atoms. The largest absolute Gasteiger partial charge is 0.478 e. The van der Waals surface area contributed by atoms with Crippen LogP contribution in [0.15, 0.2) is 11.8 Å². The molecule has 0 unspecified atom stereocenters. The van der Waals surface area contributed by atoms with E-state index in [4.69, 9.17) is 10.8 Å². The van der Waals surface area contributed by atoms with Crippen LogP contribution in [-0.4, -0.2) is 17.1 Å². The molecule has 0 aromatic heterocycles. The van der Waals surface area contributed by atoms with Gasteiger partial charge in [0.15, 0.2) is 0 Å². The molecule has 0 saturated carbocycles. The molecule has 5 heteroatoms. The van der Waals surface area contributed by atoms with E-state index in [0.29, 0.717) is 6.42 Å². The van der Waals surface area contributed by atoms with Gasteiger partial charge in [0, 0.05) is 6.20 Å². The van der Waals surface area contributed by atoms with Crippen LogP contribution in [-0.2, 0) is 4.79 Å². The molecular formula is C9H16N2O3. The number of urea groups is 1. The zero-order chi connectivity index (χ0) is 11.0. The lowest BCUT2D eigenvalue weighted by Crippen LogP contribution is -2.25. The van der Waals surface area contributed by atoms with Crippen molar-refractivity contribution in [2.45, 2.75) is 32.6 Å². The summed E-state index contributed by atoms with van der Waals surface area (Å²) in [6.07, 6.45) is 4.40. The molecule has 0 saturated heterocycles. The Morgan fingerprint density at radius 2 is 2.07 bits per heavy atom. The van der Waals surface area contributed by atoms with Gasteiger partial charge in [-0.1, -0.05) is 19.8 Å². The van der Waals surface area contributed by atoms with Gasteiger partial charge < -0.3 is 16.2 Å². The Kier molecular flexibility index (Phi) is 6.19. The van der Waals surface area contributed by atoms with E-state index in [2.05, 4.69) is 5.32 Å². The number of carboxylic acids is 1. The number of carbonyl (C=O) groups is 2. The minimum absolute atomic E-state index is 0.178. The third-order valence-electron chi connectivity index (χ3n) is 1.71. The van der Waals surface area contributed by atoms with Crippen molar-refractivity contribution in [2.24, 2.45) is 5.73 Å². The van der Waals surface area contributed by atoms with Crippen LogP contribution in [0, 0.1) is 0 Å². The van der Waals surface area contributed by atoms with Crippen LogP contribution in [0.25, 0.3) is 0 Å². The van der Waals surface area contributed by atoms with Gasteiger partial charge in [0.25, 0.3) is 0 Å². The van der Waals surface area contributed by atoms with Crippen LogP contribution in [0.5, 0.6) is 0 Å². The first kappa shape index (κ1) is 12.5. The highest BCUT2D eigenvalue weighted by atomic mass is 16.4. The van der Waals surface area contributed by atoms with Gasteiger partial charge >= 0.3 is 12.0 Å². The van der Waals surface area contributed by atoms with Gasteiger partial charge in [-0.15, -0.1) is 0 Å². The van der Waals surface area contributed by atoms with Crippen LogP contribution in [0.1, 0.15) is 32.6 Å². The fourth-order valence-corrected chi connectivity index (χ4v) is 0.965. The van der Waals surface area contributed by atoms with E-state index in [0.717, 1.165) is 25.5 Å². The van der Waals surface area contributed by atoms with Crippen molar-refractivity contribution in [3.63, 3.8) is 0 Å². The summed E-state index contributed by atoms with van der Waals surface area (Å²) in [6.45, 7) is 2.03. The molecule has 0 bridgehead atoms. The van der Waals surface area contributed by atoms with Gasteiger partial charge in [0.2, 0.25) is 0 Å². The fraction of sp³-hybridized carbons (Fsp3) is 0.556. The predicted molar refractivity (Wildman–Crippen MR) is 52.6 cm³/mol. The summed E-state index contributed by atoms with van der Waals surface area (Å²) in [5.41, 5.74) is 4.99. The number of aliphatic carboxylic acids is 1. The molecule has 5 nitrogen and oxygen atoms in total. The number of nitrogens with two attached hydrogens (primary N) is 1. The van der Waals surface area contributed by atoms with Crippen molar-refractivity contribution in [1.82, 2.24) is 5.32 Å². The minimum Gasteiger partial charge on any atom is -0.478 e. The van der Waals surface area contributed by atoms with Crippen LogP contribution in [0.3, 0.4) is 0 Å². The van der Waals surface area contributed by atoms with E-state index in [1.807, 2.05) is 6.92 Å². The normalized spacial score (nSPS) is 11.1. The van der Waals surface area contributed by atoms with E-state index in [1.165, 1.54) is 0 Å². The standard InChI is InChI=1S/C9H16N2O3/c1-2-3-4-5-7(8(12)13)6-11-9(10)14/h6H,2-5H2,1H3,(H,12,13)(H3,10,11,14). The summed E-state index contributed by atoms with van der Waals surface area (Å²) in [6, 6.07) is -0.751. The van der Waals surface area contributed by atoms with Crippen LogP contribution < -0.4 is 11.1 Å². The van der Waals surface area contributed by atoms with Crippen LogP contribution in [0.2, 0.25) is 0 Å². The van der Waals surface area contributed by atoms with Gasteiger partial charge in [0.1, 0.15) is 0 Å². The summed E-state index contributed by atoms with van der Waals surface area (Å²) in [4.78, 5) is 21.0. The number of nitrogens with one attached hydrogen (secondary N) is 1. The zero-order valence-electron chi connectivity index (χ0n) is 8.25. The first-order chi connectivity index (χ1) is 6.57. The number of carbonyl (C=O) groups excluding carboxylic acids is 1. The van der Waals surface area contributed by atoms with Crippen molar-refractivity contribution >= 4 is 12.0 Å². The third-order valence-corrected chi connectivity index (χ3v) is 1.71. The number of carboxylic acid groups (broad SMARTS) is 1. The Morgan fingerprint density at radius 3 is 2.50 bits per heavy atom. The maximum absolute atomic E-state index is 10.6. The van der Waals surface area contributed by atoms with Crippen LogP contribution >= 0.6 is 0 Å². The summed E-state index contributed by atoms with van der Waals surface area (Å²) in [5.74, 6) is -1.02. The topological polar surface area (TPSA) is 92.4 Å². The molecule has 0 aliphatic heterocycles. The number of primary amides is 1. The Morgan fingerprint density at radius 1 is 1.43 bits per heavy atom. The molecule has 0 fully saturated rings. The zero-order valence-corrected chi connectivity index (χ0v) is 8.25. The lowest BCUT2D eigenvalue weighted by atomic mass is 10.1. The molecule has 4 N–H and O–H groups in total. The Labute approximate surface area is 83.0 Å². The lowest BCUT2D eigenvalue weighted by molar-refractivity contribution is -0.132. The maximum Gasteiger partial charge on any atom is 0.333 e. The number of amides is 2. The van der Waals surface area contributed by atoms with Gasteiger partial charge in [-0.25, -0.2) is 9.59 Å². The fourth-order valence-electron chi connectivity index (χ4n) is 0.965. The molecule has 2 amide bonds. The number of hydrogen-bond acceptors (Lipinski definition) is 2. The second kappa shape index (κ2) is 6.94. The van der Waals surface area contributed by atoms with E-state index in [9.17, 15) is 9.59 Å². The van der Waals surface area contributed by atoms with Crippen molar-refractivity contribution in [2.75, 3.05) is 0 Å². The summed E-state index contributed by atoms with van der Waals surface area (Å²) in [7, 11) is 0. The third kappa shape index (κ3) is 6.05. The SMILES string of the molecule is CCCCCC(=CNC(N)=O)C(=O)O. The highest BCUT2D eigenvalue weighted by molar-refractivity contribution is 5.87. The molecule has 0 aromatic carbocycles. The van der Waals surface area contributed by atoms with Crippen molar-refractivity contribution in [3.8, 4) is 0 Å². The number of rotatable bonds is 6. The molecule has 0 aliphatic carbocycles. The van der Waals surface area contributed by atoms with Crippen molar-refractivity contribution < 1.29 is 14.7 Å². The first-order valence-corrected chi connectivity index (χ1v) is 4.56. The summed E-state index contributed by atoms with van der Waals surface area (Å²) >= 11 is 0. The van der Waals surface area contributed by atoms with Crippen LogP contribution in [0.4, 0.5) is 4.79 Å². The maximum atomic E-state index is 10.6. The molecule has 0 atom stereocenters. The van der Waals surface area contributed by atoms with Gasteiger partial charge in [-0.2, -0.15) is 0 Å². The molecule has 0 heterocycles.